The number of benzene rings is 1. The van der Waals surface area contributed by atoms with Crippen LogP contribution in [0.25, 0.3) is 11.3 Å². The molecular weight excluding hydrogens is 335 g/mol. The number of nitrogens with one attached hydrogen (secondary N) is 1. The summed E-state index contributed by atoms with van der Waals surface area (Å²) < 4.78 is 43.4. The van der Waals surface area contributed by atoms with Gasteiger partial charge in [0.2, 0.25) is 0 Å². The molecule has 1 aromatic heterocycles. The second-order valence-corrected chi connectivity index (χ2v) is 6.53. The molecule has 1 aromatic carbocycles. The zero-order chi connectivity index (χ0) is 18.7. The molecule has 0 radical (unpaired) electrons. The lowest BCUT2D eigenvalue weighted by Crippen LogP contribution is -2.32. The highest BCUT2D eigenvalue weighted by Gasteiger charge is 2.28. The molecule has 0 aliphatic rings. The van der Waals surface area contributed by atoms with E-state index in [9.17, 15) is 18.0 Å². The Morgan fingerprint density at radius 1 is 1.20 bits per heavy atom. The fraction of sp³-hybridized carbons (Fsp3) is 0.412. The number of alkyl halides is 3. The van der Waals surface area contributed by atoms with Gasteiger partial charge < -0.3 is 10.1 Å². The van der Waals surface area contributed by atoms with E-state index in [0.29, 0.717) is 11.3 Å². The average molecular weight is 355 g/mol. The maximum Gasteiger partial charge on any atom is 0.408 e. The van der Waals surface area contributed by atoms with E-state index in [1.807, 2.05) is 0 Å². The SMILES string of the molecule is CC(C)(C)OC(=O)NCc1ccccc1-c1ccn(CC(F)(F)F)n1. The Kier molecular flexibility index (Phi) is 5.39. The van der Waals surface area contributed by atoms with Gasteiger partial charge in [0, 0.05) is 18.3 Å². The number of halogens is 3. The molecular formula is C17H20F3N3O2. The van der Waals surface area contributed by atoms with Crippen LogP contribution in [0.15, 0.2) is 36.5 Å². The number of rotatable bonds is 4. The molecule has 5 nitrogen and oxygen atoms in total. The third-order valence-electron chi connectivity index (χ3n) is 3.10. The molecule has 2 aromatic rings. The fourth-order valence-corrected chi connectivity index (χ4v) is 2.18. The largest absolute Gasteiger partial charge is 0.444 e. The molecule has 0 atom stereocenters. The smallest absolute Gasteiger partial charge is 0.408 e. The van der Waals surface area contributed by atoms with Crippen LogP contribution in [0.3, 0.4) is 0 Å². The van der Waals surface area contributed by atoms with Gasteiger partial charge in [-0.15, -0.1) is 0 Å². The number of carbonyl (C=O) groups excluding carboxylic acids is 1. The van der Waals surface area contributed by atoms with Crippen LogP contribution in [0.4, 0.5) is 18.0 Å². The number of hydrogen-bond donors (Lipinski definition) is 1. The van der Waals surface area contributed by atoms with Gasteiger partial charge in [-0.3, -0.25) is 4.68 Å². The summed E-state index contributed by atoms with van der Waals surface area (Å²) in [7, 11) is 0. The van der Waals surface area contributed by atoms with Crippen molar-refractivity contribution in [2.24, 2.45) is 0 Å². The topological polar surface area (TPSA) is 56.1 Å². The van der Waals surface area contributed by atoms with Crippen LogP contribution in [-0.4, -0.2) is 27.7 Å². The maximum absolute atomic E-state index is 12.5. The summed E-state index contributed by atoms with van der Waals surface area (Å²) in [5.74, 6) is 0. The van der Waals surface area contributed by atoms with Crippen molar-refractivity contribution in [1.82, 2.24) is 15.1 Å². The van der Waals surface area contributed by atoms with Crippen LogP contribution >= 0.6 is 0 Å². The predicted molar refractivity (Wildman–Crippen MR) is 86.8 cm³/mol. The van der Waals surface area contributed by atoms with Crippen LogP contribution < -0.4 is 5.32 Å². The van der Waals surface area contributed by atoms with Crippen LogP contribution in [0.1, 0.15) is 26.3 Å². The van der Waals surface area contributed by atoms with Crippen molar-refractivity contribution in [1.29, 1.82) is 0 Å². The first kappa shape index (κ1) is 18.8. The number of nitrogens with zero attached hydrogens (tertiary/aromatic N) is 2. The van der Waals surface area contributed by atoms with E-state index >= 15 is 0 Å². The first-order chi connectivity index (χ1) is 11.5. The Balaban J connectivity index is 2.12. The molecule has 0 bridgehead atoms. The van der Waals surface area contributed by atoms with E-state index < -0.39 is 24.4 Å². The number of carbonyl (C=O) groups is 1. The zero-order valence-corrected chi connectivity index (χ0v) is 14.2. The first-order valence-electron chi connectivity index (χ1n) is 7.69. The number of alkyl carbamates (subject to hydrolysis) is 1. The van der Waals surface area contributed by atoms with Crippen molar-refractivity contribution in [2.75, 3.05) is 0 Å². The fourth-order valence-electron chi connectivity index (χ4n) is 2.18. The van der Waals surface area contributed by atoms with E-state index in [0.717, 1.165) is 10.2 Å². The Morgan fingerprint density at radius 2 is 1.88 bits per heavy atom. The van der Waals surface area contributed by atoms with Gasteiger partial charge in [-0.05, 0) is 32.4 Å². The van der Waals surface area contributed by atoms with Crippen LogP contribution in [0, 0.1) is 0 Å². The second kappa shape index (κ2) is 7.16. The zero-order valence-electron chi connectivity index (χ0n) is 14.2. The van der Waals surface area contributed by atoms with Gasteiger partial charge in [-0.1, -0.05) is 24.3 Å². The summed E-state index contributed by atoms with van der Waals surface area (Å²) in [6, 6.07) is 8.57. The van der Waals surface area contributed by atoms with Crippen LogP contribution in [-0.2, 0) is 17.8 Å². The van der Waals surface area contributed by atoms with Gasteiger partial charge in [0.1, 0.15) is 12.1 Å². The lowest BCUT2D eigenvalue weighted by molar-refractivity contribution is -0.142. The summed E-state index contributed by atoms with van der Waals surface area (Å²) in [6.07, 6.45) is -3.62. The van der Waals surface area contributed by atoms with E-state index in [2.05, 4.69) is 10.4 Å². The number of hydrogen-bond acceptors (Lipinski definition) is 3. The Labute approximate surface area is 143 Å². The molecule has 25 heavy (non-hydrogen) atoms. The van der Waals surface area contributed by atoms with Crippen LogP contribution in [0.5, 0.6) is 0 Å². The molecule has 0 spiro atoms. The molecule has 0 aliphatic heterocycles. The number of aromatic nitrogens is 2. The quantitative estimate of drug-likeness (QED) is 0.897. The molecule has 2 rings (SSSR count). The third kappa shape index (κ3) is 6.13. The highest BCUT2D eigenvalue weighted by molar-refractivity contribution is 5.69. The minimum atomic E-state index is -4.33. The highest BCUT2D eigenvalue weighted by Crippen LogP contribution is 2.23. The molecule has 1 N–H and O–H groups in total. The van der Waals surface area contributed by atoms with Gasteiger partial charge in [-0.25, -0.2) is 4.79 Å². The number of ether oxygens (including phenoxy) is 1. The molecule has 0 saturated heterocycles. The molecule has 0 saturated carbocycles. The normalized spacial score (nSPS) is 12.1. The van der Waals surface area contributed by atoms with Crippen molar-refractivity contribution in [2.45, 2.75) is 45.6 Å². The lowest BCUT2D eigenvalue weighted by Gasteiger charge is -2.20. The van der Waals surface area contributed by atoms with Crippen molar-refractivity contribution >= 4 is 6.09 Å². The summed E-state index contributed by atoms with van der Waals surface area (Å²) in [5, 5.41) is 6.60. The maximum atomic E-state index is 12.5. The second-order valence-electron chi connectivity index (χ2n) is 6.53. The summed E-state index contributed by atoms with van der Waals surface area (Å²) in [4.78, 5) is 11.8. The summed E-state index contributed by atoms with van der Waals surface area (Å²) in [5.41, 5.74) is 1.18. The molecule has 136 valence electrons. The average Bonchev–Trinajstić information content (AvgIpc) is 2.89. The van der Waals surface area contributed by atoms with Crippen molar-refractivity contribution in [3.05, 3.63) is 42.1 Å². The molecule has 8 heteroatoms. The van der Waals surface area contributed by atoms with Crippen molar-refractivity contribution in [3.8, 4) is 11.3 Å². The van der Waals surface area contributed by atoms with Crippen molar-refractivity contribution < 1.29 is 22.7 Å². The third-order valence-corrected chi connectivity index (χ3v) is 3.10. The standard InChI is InChI=1S/C17H20F3N3O2/c1-16(2,3)25-15(24)21-10-12-6-4-5-7-13(12)14-8-9-23(22-14)11-17(18,19)20/h4-9H,10-11H2,1-3H3,(H,21,24). The van der Waals surface area contributed by atoms with Gasteiger partial charge >= 0.3 is 12.3 Å². The minimum absolute atomic E-state index is 0.178. The Hall–Kier alpha value is -2.51. The van der Waals surface area contributed by atoms with Gasteiger partial charge in [0.25, 0.3) is 0 Å². The lowest BCUT2D eigenvalue weighted by atomic mass is 10.0. The van der Waals surface area contributed by atoms with Gasteiger partial charge in [0.15, 0.2) is 0 Å². The summed E-state index contributed by atoms with van der Waals surface area (Å²) in [6.45, 7) is 4.30. The van der Waals surface area contributed by atoms with Gasteiger partial charge in [0.05, 0.1) is 5.69 Å². The molecule has 0 fully saturated rings. The highest BCUT2D eigenvalue weighted by atomic mass is 19.4. The molecule has 0 unspecified atom stereocenters. The van der Waals surface area contributed by atoms with E-state index in [4.69, 9.17) is 4.74 Å². The summed E-state index contributed by atoms with van der Waals surface area (Å²) >= 11 is 0. The van der Waals surface area contributed by atoms with E-state index in [-0.39, 0.29) is 6.54 Å². The van der Waals surface area contributed by atoms with Crippen molar-refractivity contribution in [3.63, 3.8) is 0 Å². The Bertz CT molecular complexity index is 733. The molecule has 0 aliphatic carbocycles. The Morgan fingerprint density at radius 3 is 2.52 bits per heavy atom. The van der Waals surface area contributed by atoms with E-state index in [1.165, 1.54) is 12.3 Å². The monoisotopic (exact) mass is 355 g/mol. The van der Waals surface area contributed by atoms with E-state index in [1.54, 1.807) is 45.0 Å². The molecule has 1 amide bonds. The minimum Gasteiger partial charge on any atom is -0.444 e. The number of amides is 1. The van der Waals surface area contributed by atoms with Crippen LogP contribution in [0.2, 0.25) is 0 Å². The first-order valence-corrected chi connectivity index (χ1v) is 7.69. The van der Waals surface area contributed by atoms with Gasteiger partial charge in [-0.2, -0.15) is 18.3 Å². The predicted octanol–water partition coefficient (Wildman–Crippen LogP) is 4.14. The molecule has 1 heterocycles.